The topological polar surface area (TPSA) is 88.6 Å². The SMILES string of the molecule is CS(=O)(=O)N1CC[C@H]2O[C@H](C(=O)NCc3cccnc3)CC[C@H]21. The van der Waals surface area contributed by atoms with Crippen LogP contribution < -0.4 is 5.32 Å². The zero-order chi connectivity index (χ0) is 16.4. The maximum absolute atomic E-state index is 12.3. The molecule has 2 aliphatic rings. The van der Waals surface area contributed by atoms with Crippen LogP contribution in [0.3, 0.4) is 0 Å². The van der Waals surface area contributed by atoms with Gasteiger partial charge in [-0.2, -0.15) is 4.31 Å². The Morgan fingerprint density at radius 3 is 2.96 bits per heavy atom. The van der Waals surface area contributed by atoms with Gasteiger partial charge in [-0.15, -0.1) is 0 Å². The van der Waals surface area contributed by atoms with Gasteiger partial charge < -0.3 is 10.1 Å². The van der Waals surface area contributed by atoms with E-state index < -0.39 is 16.1 Å². The molecule has 3 heterocycles. The summed E-state index contributed by atoms with van der Waals surface area (Å²) < 4.78 is 30.9. The maximum Gasteiger partial charge on any atom is 0.249 e. The van der Waals surface area contributed by atoms with Gasteiger partial charge >= 0.3 is 0 Å². The van der Waals surface area contributed by atoms with Gasteiger partial charge in [0.1, 0.15) is 6.10 Å². The Hall–Kier alpha value is -1.51. The first kappa shape index (κ1) is 16.4. The van der Waals surface area contributed by atoms with Crippen LogP contribution in [0.1, 0.15) is 24.8 Å². The van der Waals surface area contributed by atoms with E-state index in [2.05, 4.69) is 10.3 Å². The van der Waals surface area contributed by atoms with E-state index in [0.717, 1.165) is 5.56 Å². The number of sulfonamides is 1. The third kappa shape index (κ3) is 3.70. The summed E-state index contributed by atoms with van der Waals surface area (Å²) in [6.07, 6.45) is 5.75. The van der Waals surface area contributed by atoms with E-state index in [-0.39, 0.29) is 18.1 Å². The number of pyridine rings is 1. The number of carbonyl (C=O) groups excluding carboxylic acids is 1. The lowest BCUT2D eigenvalue weighted by atomic mass is 9.99. The molecule has 7 nitrogen and oxygen atoms in total. The van der Waals surface area contributed by atoms with E-state index in [1.807, 2.05) is 12.1 Å². The molecule has 126 valence electrons. The predicted octanol–water partition coefficient (Wildman–Crippen LogP) is 0.279. The van der Waals surface area contributed by atoms with E-state index >= 15 is 0 Å². The Balaban J connectivity index is 1.55. The molecule has 1 aromatic heterocycles. The third-order valence-electron chi connectivity index (χ3n) is 4.40. The molecule has 1 amide bonds. The van der Waals surface area contributed by atoms with Gasteiger partial charge in [0.05, 0.1) is 18.4 Å². The van der Waals surface area contributed by atoms with E-state index in [4.69, 9.17) is 4.74 Å². The molecule has 3 rings (SSSR count). The number of fused-ring (bicyclic) bond motifs is 1. The number of ether oxygens (including phenoxy) is 1. The summed E-state index contributed by atoms with van der Waals surface area (Å²) in [5.74, 6) is -0.148. The normalized spacial score (nSPS) is 28.3. The summed E-state index contributed by atoms with van der Waals surface area (Å²) in [4.78, 5) is 16.3. The molecular weight excluding hydrogens is 318 g/mol. The quantitative estimate of drug-likeness (QED) is 0.851. The van der Waals surface area contributed by atoms with Crippen LogP contribution in [0.4, 0.5) is 0 Å². The van der Waals surface area contributed by atoms with Crippen LogP contribution in [0.15, 0.2) is 24.5 Å². The molecule has 0 bridgehead atoms. The first-order valence-corrected chi connectivity index (χ1v) is 9.59. The van der Waals surface area contributed by atoms with Crippen LogP contribution in [0.25, 0.3) is 0 Å². The van der Waals surface area contributed by atoms with Gasteiger partial charge in [-0.25, -0.2) is 8.42 Å². The molecular formula is C15H21N3O4S. The second-order valence-electron chi connectivity index (χ2n) is 6.05. The van der Waals surface area contributed by atoms with Crippen LogP contribution in [-0.4, -0.2) is 54.7 Å². The zero-order valence-corrected chi connectivity index (χ0v) is 13.8. The molecule has 0 unspecified atom stereocenters. The standard InChI is InChI=1S/C15H21N3O4S/c1-23(20,21)18-8-6-13-12(18)4-5-14(22-13)15(19)17-10-11-3-2-7-16-9-11/h2-3,7,9,12-14H,4-6,8,10H2,1H3,(H,17,19)/t12-,13-,14+/m1/s1. The van der Waals surface area contributed by atoms with Gasteiger partial charge in [-0.1, -0.05) is 6.07 Å². The Kier molecular flexibility index (Phi) is 4.65. The first-order valence-electron chi connectivity index (χ1n) is 7.74. The Morgan fingerprint density at radius 1 is 1.43 bits per heavy atom. The summed E-state index contributed by atoms with van der Waals surface area (Å²) in [5.41, 5.74) is 0.929. The van der Waals surface area contributed by atoms with Crippen molar-refractivity contribution in [1.29, 1.82) is 0 Å². The highest BCUT2D eigenvalue weighted by atomic mass is 32.2. The van der Waals surface area contributed by atoms with Gasteiger partial charge in [0.2, 0.25) is 15.9 Å². The number of aromatic nitrogens is 1. The number of hydrogen-bond donors (Lipinski definition) is 1. The van der Waals surface area contributed by atoms with E-state index in [1.165, 1.54) is 10.6 Å². The fourth-order valence-electron chi connectivity index (χ4n) is 3.30. The number of hydrogen-bond acceptors (Lipinski definition) is 5. The molecule has 0 aromatic carbocycles. The van der Waals surface area contributed by atoms with Crippen molar-refractivity contribution in [3.05, 3.63) is 30.1 Å². The van der Waals surface area contributed by atoms with Crippen molar-refractivity contribution in [2.75, 3.05) is 12.8 Å². The molecule has 1 N–H and O–H groups in total. The van der Waals surface area contributed by atoms with Crippen molar-refractivity contribution < 1.29 is 17.9 Å². The summed E-state index contributed by atoms with van der Waals surface area (Å²) in [5, 5.41) is 2.85. The van der Waals surface area contributed by atoms with Gasteiger partial charge in [0.15, 0.2) is 0 Å². The average molecular weight is 339 g/mol. The molecule has 1 aromatic rings. The molecule has 0 aliphatic carbocycles. The number of rotatable bonds is 4. The highest BCUT2D eigenvalue weighted by Gasteiger charge is 2.44. The van der Waals surface area contributed by atoms with Crippen LogP contribution in [-0.2, 0) is 26.1 Å². The second kappa shape index (κ2) is 6.54. The maximum atomic E-state index is 12.3. The van der Waals surface area contributed by atoms with Gasteiger partial charge in [-0.05, 0) is 30.9 Å². The van der Waals surface area contributed by atoms with E-state index in [0.29, 0.717) is 32.4 Å². The van der Waals surface area contributed by atoms with Crippen molar-refractivity contribution in [3.8, 4) is 0 Å². The lowest BCUT2D eigenvalue weighted by Crippen LogP contribution is -2.48. The Bertz CT molecular complexity index is 665. The number of nitrogens with one attached hydrogen (secondary N) is 1. The minimum atomic E-state index is -3.21. The summed E-state index contributed by atoms with van der Waals surface area (Å²) >= 11 is 0. The molecule has 2 saturated heterocycles. The molecule has 23 heavy (non-hydrogen) atoms. The van der Waals surface area contributed by atoms with Crippen molar-refractivity contribution in [1.82, 2.24) is 14.6 Å². The molecule has 2 aliphatic heterocycles. The van der Waals surface area contributed by atoms with Crippen molar-refractivity contribution in [2.24, 2.45) is 0 Å². The zero-order valence-electron chi connectivity index (χ0n) is 13.0. The van der Waals surface area contributed by atoms with Gasteiger partial charge in [0.25, 0.3) is 0 Å². The highest BCUT2D eigenvalue weighted by Crippen LogP contribution is 2.32. The highest BCUT2D eigenvalue weighted by molar-refractivity contribution is 7.88. The molecule has 8 heteroatoms. The Labute approximate surface area is 136 Å². The lowest BCUT2D eigenvalue weighted by Gasteiger charge is -2.34. The molecule has 2 fully saturated rings. The molecule has 0 saturated carbocycles. The summed E-state index contributed by atoms with van der Waals surface area (Å²) in [6.45, 7) is 0.883. The van der Waals surface area contributed by atoms with Crippen LogP contribution >= 0.6 is 0 Å². The lowest BCUT2D eigenvalue weighted by molar-refractivity contribution is -0.143. The van der Waals surface area contributed by atoms with Crippen LogP contribution in [0.2, 0.25) is 0 Å². The summed E-state index contributed by atoms with van der Waals surface area (Å²) in [6, 6.07) is 3.58. The van der Waals surface area contributed by atoms with Crippen LogP contribution in [0.5, 0.6) is 0 Å². The third-order valence-corrected chi connectivity index (χ3v) is 5.71. The fourth-order valence-corrected chi connectivity index (χ4v) is 4.47. The van der Waals surface area contributed by atoms with Crippen molar-refractivity contribution in [2.45, 2.75) is 44.1 Å². The average Bonchev–Trinajstić information content (AvgIpc) is 2.96. The van der Waals surface area contributed by atoms with E-state index in [9.17, 15) is 13.2 Å². The minimum absolute atomic E-state index is 0.132. The molecule has 0 radical (unpaired) electrons. The van der Waals surface area contributed by atoms with Gasteiger partial charge in [-0.3, -0.25) is 9.78 Å². The number of amides is 1. The smallest absolute Gasteiger partial charge is 0.249 e. The largest absolute Gasteiger partial charge is 0.363 e. The van der Waals surface area contributed by atoms with E-state index in [1.54, 1.807) is 12.4 Å². The molecule has 3 atom stereocenters. The number of carbonyl (C=O) groups is 1. The fraction of sp³-hybridized carbons (Fsp3) is 0.600. The number of nitrogens with zero attached hydrogens (tertiary/aromatic N) is 2. The summed E-state index contributed by atoms with van der Waals surface area (Å²) in [7, 11) is -3.21. The van der Waals surface area contributed by atoms with Crippen molar-refractivity contribution >= 4 is 15.9 Å². The van der Waals surface area contributed by atoms with Crippen molar-refractivity contribution in [3.63, 3.8) is 0 Å². The monoisotopic (exact) mass is 339 g/mol. The minimum Gasteiger partial charge on any atom is -0.363 e. The predicted molar refractivity (Wildman–Crippen MR) is 83.9 cm³/mol. The van der Waals surface area contributed by atoms with Crippen LogP contribution in [0, 0.1) is 0 Å². The molecule has 0 spiro atoms. The Morgan fingerprint density at radius 2 is 2.26 bits per heavy atom. The first-order chi connectivity index (χ1) is 10.9. The second-order valence-corrected chi connectivity index (χ2v) is 7.98. The van der Waals surface area contributed by atoms with Gasteiger partial charge in [0, 0.05) is 25.5 Å².